The molecule has 1 unspecified atom stereocenters. The van der Waals surface area contributed by atoms with Gasteiger partial charge in [-0.15, -0.1) is 24.8 Å². The van der Waals surface area contributed by atoms with Gasteiger partial charge in [-0.25, -0.2) is 4.98 Å². The molecule has 1 aliphatic heterocycles. The molecule has 1 aromatic carbocycles. The lowest BCUT2D eigenvalue weighted by Gasteiger charge is -2.26. The minimum absolute atomic E-state index is 0. The minimum Gasteiger partial charge on any atom is -0.324 e. The number of nitrogens with zero attached hydrogens (tertiary/aromatic N) is 2. The fraction of sp³-hybridized carbons (Fsp3) is 0.375. The van der Waals surface area contributed by atoms with Crippen molar-refractivity contribution in [2.45, 2.75) is 31.7 Å². The number of carbonyl (C=O) groups is 1. The van der Waals surface area contributed by atoms with Gasteiger partial charge in [0.1, 0.15) is 0 Å². The quantitative estimate of drug-likeness (QED) is 0.884. The van der Waals surface area contributed by atoms with Crippen LogP contribution in [0.3, 0.4) is 0 Å². The first-order chi connectivity index (χ1) is 10.2. The first-order valence-electron chi connectivity index (χ1n) is 7.38. The zero-order valence-electron chi connectivity index (χ0n) is 13.0. The van der Waals surface area contributed by atoms with Gasteiger partial charge in [-0.05, 0) is 44.0 Å². The number of hydrogen-bond donors (Lipinski definition) is 2. The average Bonchev–Trinajstić information content (AvgIpc) is 3.20. The molecule has 1 saturated heterocycles. The Labute approximate surface area is 148 Å². The molecule has 23 heavy (non-hydrogen) atoms. The predicted octanol–water partition coefficient (Wildman–Crippen LogP) is 3.19. The number of rotatable bonds is 4. The maximum Gasteiger partial charge on any atom is 0.244 e. The van der Waals surface area contributed by atoms with E-state index in [1.807, 2.05) is 35.0 Å². The minimum atomic E-state index is -0.412. The molecule has 0 saturated carbocycles. The maximum absolute atomic E-state index is 12.6. The largest absolute Gasteiger partial charge is 0.324 e. The van der Waals surface area contributed by atoms with Crippen LogP contribution < -0.4 is 10.6 Å². The Morgan fingerprint density at radius 1 is 1.43 bits per heavy atom. The van der Waals surface area contributed by atoms with E-state index < -0.39 is 5.54 Å². The van der Waals surface area contributed by atoms with Crippen LogP contribution in [0.1, 0.15) is 26.2 Å². The molecule has 1 aliphatic rings. The van der Waals surface area contributed by atoms with E-state index in [1.165, 1.54) is 0 Å². The van der Waals surface area contributed by atoms with Gasteiger partial charge in [0.05, 0.1) is 11.9 Å². The summed E-state index contributed by atoms with van der Waals surface area (Å²) in [5, 5.41) is 6.40. The van der Waals surface area contributed by atoms with E-state index in [-0.39, 0.29) is 30.7 Å². The second-order valence-electron chi connectivity index (χ2n) is 5.44. The van der Waals surface area contributed by atoms with Gasteiger partial charge in [-0.1, -0.05) is 13.0 Å². The Balaban J connectivity index is 0.00000132. The van der Waals surface area contributed by atoms with Crippen LogP contribution in [0, 0.1) is 0 Å². The van der Waals surface area contributed by atoms with Gasteiger partial charge in [0.15, 0.2) is 0 Å². The van der Waals surface area contributed by atoms with Crippen LogP contribution >= 0.6 is 24.8 Å². The standard InChI is InChI=1S/C16H20N4O.2ClH/c1-2-16(7-4-8-18-16)15(21)19-13-5-3-6-14(11-13)20-10-9-17-12-20;;/h3,5-6,9-12,18H,2,4,7-8H2,1H3,(H,19,21);2*1H. The molecule has 0 bridgehead atoms. The van der Waals surface area contributed by atoms with Crippen molar-refractivity contribution in [3.05, 3.63) is 43.0 Å². The fourth-order valence-electron chi connectivity index (χ4n) is 2.87. The van der Waals surface area contributed by atoms with Gasteiger partial charge in [-0.3, -0.25) is 4.79 Å². The summed E-state index contributed by atoms with van der Waals surface area (Å²) in [6, 6.07) is 7.79. The lowest BCUT2D eigenvalue weighted by atomic mass is 9.93. The number of anilines is 1. The number of aromatic nitrogens is 2. The Morgan fingerprint density at radius 3 is 2.87 bits per heavy atom. The van der Waals surface area contributed by atoms with Crippen LogP contribution in [0.25, 0.3) is 5.69 Å². The molecule has 1 atom stereocenters. The average molecular weight is 357 g/mol. The summed E-state index contributed by atoms with van der Waals surface area (Å²) in [4.78, 5) is 16.6. The van der Waals surface area contributed by atoms with Crippen LogP contribution in [-0.2, 0) is 4.79 Å². The molecule has 0 spiro atoms. The van der Waals surface area contributed by atoms with Crippen molar-refractivity contribution in [1.82, 2.24) is 14.9 Å². The first kappa shape index (κ1) is 19.5. The molecule has 2 N–H and O–H groups in total. The van der Waals surface area contributed by atoms with E-state index in [2.05, 4.69) is 22.5 Å². The Bertz CT molecular complexity index is 625. The van der Waals surface area contributed by atoms with Crippen molar-refractivity contribution in [3.8, 4) is 5.69 Å². The summed E-state index contributed by atoms with van der Waals surface area (Å²) < 4.78 is 1.92. The number of amides is 1. The summed E-state index contributed by atoms with van der Waals surface area (Å²) in [5.74, 6) is 0.0604. The van der Waals surface area contributed by atoms with Crippen molar-refractivity contribution in [1.29, 1.82) is 0 Å². The normalized spacial score (nSPS) is 19.5. The van der Waals surface area contributed by atoms with E-state index in [0.29, 0.717) is 0 Å². The van der Waals surface area contributed by atoms with Crippen molar-refractivity contribution < 1.29 is 4.79 Å². The molecular formula is C16H22Cl2N4O. The number of carbonyl (C=O) groups excluding carboxylic acids is 1. The number of halogens is 2. The monoisotopic (exact) mass is 356 g/mol. The smallest absolute Gasteiger partial charge is 0.244 e. The summed E-state index contributed by atoms with van der Waals surface area (Å²) in [5.41, 5.74) is 1.38. The molecule has 7 heteroatoms. The van der Waals surface area contributed by atoms with Crippen molar-refractivity contribution in [2.24, 2.45) is 0 Å². The predicted molar refractivity (Wildman–Crippen MR) is 96.9 cm³/mol. The highest BCUT2D eigenvalue weighted by atomic mass is 35.5. The van der Waals surface area contributed by atoms with Gasteiger partial charge < -0.3 is 15.2 Å². The Kier molecular flexibility index (Phi) is 7.06. The SMILES string of the molecule is CCC1(C(=O)Nc2cccc(-n3ccnc3)c2)CCCN1.Cl.Cl. The van der Waals surface area contributed by atoms with Gasteiger partial charge >= 0.3 is 0 Å². The third-order valence-corrected chi connectivity index (χ3v) is 4.19. The van der Waals surface area contributed by atoms with Crippen LogP contribution in [-0.4, -0.2) is 27.5 Å². The van der Waals surface area contributed by atoms with Crippen LogP contribution in [0.2, 0.25) is 0 Å². The highest BCUT2D eigenvalue weighted by Gasteiger charge is 2.39. The molecule has 1 fully saturated rings. The van der Waals surface area contributed by atoms with E-state index in [1.54, 1.807) is 12.5 Å². The van der Waals surface area contributed by atoms with Gasteiger partial charge in [0.2, 0.25) is 5.91 Å². The molecule has 0 aliphatic carbocycles. The first-order valence-corrected chi connectivity index (χ1v) is 7.38. The van der Waals surface area contributed by atoms with Crippen molar-refractivity contribution >= 4 is 36.4 Å². The Hall–Kier alpha value is -1.56. The zero-order chi connectivity index (χ0) is 14.7. The van der Waals surface area contributed by atoms with Crippen LogP contribution in [0.15, 0.2) is 43.0 Å². The van der Waals surface area contributed by atoms with Crippen molar-refractivity contribution in [2.75, 3.05) is 11.9 Å². The van der Waals surface area contributed by atoms with Crippen LogP contribution in [0.5, 0.6) is 0 Å². The third-order valence-electron chi connectivity index (χ3n) is 4.19. The molecule has 0 radical (unpaired) electrons. The molecule has 1 aromatic heterocycles. The van der Waals surface area contributed by atoms with E-state index >= 15 is 0 Å². The summed E-state index contributed by atoms with van der Waals surface area (Å²) in [6.45, 7) is 2.97. The Morgan fingerprint density at radius 2 is 2.26 bits per heavy atom. The third kappa shape index (κ3) is 4.05. The van der Waals surface area contributed by atoms with Gasteiger partial charge in [0.25, 0.3) is 0 Å². The molecule has 1 amide bonds. The molecule has 126 valence electrons. The van der Waals surface area contributed by atoms with E-state index in [0.717, 1.165) is 37.2 Å². The fourth-order valence-corrected chi connectivity index (χ4v) is 2.87. The molecular weight excluding hydrogens is 335 g/mol. The summed E-state index contributed by atoms with van der Waals surface area (Å²) >= 11 is 0. The van der Waals surface area contributed by atoms with Gasteiger partial charge in [0, 0.05) is 23.8 Å². The van der Waals surface area contributed by atoms with E-state index in [9.17, 15) is 4.79 Å². The lowest BCUT2D eigenvalue weighted by Crippen LogP contribution is -2.50. The molecule has 3 rings (SSSR count). The number of imidazole rings is 1. The highest BCUT2D eigenvalue weighted by Crippen LogP contribution is 2.25. The number of hydrogen-bond acceptors (Lipinski definition) is 3. The molecule has 2 aromatic rings. The molecule has 2 heterocycles. The maximum atomic E-state index is 12.6. The lowest BCUT2D eigenvalue weighted by molar-refractivity contribution is -0.122. The second kappa shape index (κ2) is 8.34. The van der Waals surface area contributed by atoms with Crippen LogP contribution in [0.4, 0.5) is 5.69 Å². The summed E-state index contributed by atoms with van der Waals surface area (Å²) in [6.07, 6.45) is 8.12. The van der Waals surface area contributed by atoms with Crippen molar-refractivity contribution in [3.63, 3.8) is 0 Å². The van der Waals surface area contributed by atoms with Gasteiger partial charge in [-0.2, -0.15) is 0 Å². The topological polar surface area (TPSA) is 59.0 Å². The zero-order valence-corrected chi connectivity index (χ0v) is 14.6. The number of benzene rings is 1. The summed E-state index contributed by atoms with van der Waals surface area (Å²) in [7, 11) is 0. The second-order valence-corrected chi connectivity index (χ2v) is 5.44. The van der Waals surface area contributed by atoms with E-state index in [4.69, 9.17) is 0 Å². The highest BCUT2D eigenvalue weighted by molar-refractivity contribution is 5.98. The molecule has 5 nitrogen and oxygen atoms in total. The number of nitrogens with one attached hydrogen (secondary N) is 2.